The SMILES string of the molecule is CCOC(=O)c1cc2cc(NC(=O)CNCCCCc3c[nH]c4ccc(C#N)cc34)ccc2o1.CCOC(=O)c1cc2cc(NC(=O)CNCCCc3c[nH]c4ccc(C#N)cc34)ccc2o1. The van der Waals surface area contributed by atoms with Gasteiger partial charge in [0, 0.05) is 56.3 Å². The molecular formula is C51H50N8O8. The Bertz CT molecular complexity index is 3130. The Labute approximate surface area is 385 Å². The Hall–Kier alpha value is -8.18. The number of aryl methyl sites for hydroxylation is 2. The highest BCUT2D eigenvalue weighted by atomic mass is 16.5. The summed E-state index contributed by atoms with van der Waals surface area (Å²) in [6, 6.07) is 29.2. The summed E-state index contributed by atoms with van der Waals surface area (Å²) < 4.78 is 20.9. The van der Waals surface area contributed by atoms with E-state index in [1.807, 2.05) is 42.7 Å². The van der Waals surface area contributed by atoms with Crippen molar-refractivity contribution >= 4 is 78.9 Å². The van der Waals surface area contributed by atoms with Crippen LogP contribution in [0.2, 0.25) is 0 Å². The van der Waals surface area contributed by atoms with Crippen LogP contribution in [0.15, 0.2) is 106 Å². The highest BCUT2D eigenvalue weighted by molar-refractivity contribution is 5.98. The lowest BCUT2D eigenvalue weighted by molar-refractivity contribution is -0.116. The number of esters is 2. The van der Waals surface area contributed by atoms with Crippen molar-refractivity contribution in [1.29, 1.82) is 10.5 Å². The third-order valence-electron chi connectivity index (χ3n) is 10.8. The smallest absolute Gasteiger partial charge is 0.374 e. The minimum Gasteiger partial charge on any atom is -0.460 e. The van der Waals surface area contributed by atoms with Gasteiger partial charge >= 0.3 is 11.9 Å². The molecule has 0 fully saturated rings. The predicted molar refractivity (Wildman–Crippen MR) is 255 cm³/mol. The van der Waals surface area contributed by atoms with Crippen molar-refractivity contribution < 1.29 is 37.5 Å². The summed E-state index contributed by atoms with van der Waals surface area (Å²) in [6.07, 6.45) is 8.46. The molecule has 0 unspecified atom stereocenters. The van der Waals surface area contributed by atoms with Crippen molar-refractivity contribution in [3.8, 4) is 12.1 Å². The number of aromatic amines is 2. The monoisotopic (exact) mass is 902 g/mol. The summed E-state index contributed by atoms with van der Waals surface area (Å²) in [7, 11) is 0. The first-order valence-corrected chi connectivity index (χ1v) is 22.1. The number of rotatable bonds is 19. The molecule has 0 aliphatic rings. The van der Waals surface area contributed by atoms with Crippen LogP contribution >= 0.6 is 0 Å². The van der Waals surface area contributed by atoms with Gasteiger partial charge in [0.15, 0.2) is 0 Å². The van der Waals surface area contributed by atoms with E-state index in [0.717, 1.165) is 66.0 Å². The molecule has 0 aliphatic heterocycles. The van der Waals surface area contributed by atoms with Gasteiger partial charge in [-0.3, -0.25) is 9.59 Å². The van der Waals surface area contributed by atoms with Gasteiger partial charge in [-0.2, -0.15) is 10.5 Å². The van der Waals surface area contributed by atoms with E-state index in [-0.39, 0.29) is 49.6 Å². The van der Waals surface area contributed by atoms with Crippen LogP contribution < -0.4 is 21.3 Å². The molecule has 4 aromatic heterocycles. The maximum Gasteiger partial charge on any atom is 0.374 e. The van der Waals surface area contributed by atoms with Gasteiger partial charge in [-0.1, -0.05) is 0 Å². The molecule has 2 amide bonds. The van der Waals surface area contributed by atoms with Crippen LogP contribution in [0.5, 0.6) is 0 Å². The number of nitrogens with zero attached hydrogens (tertiary/aromatic N) is 2. The topological polar surface area (TPSA) is 240 Å². The summed E-state index contributed by atoms with van der Waals surface area (Å²) in [5.41, 5.74) is 8.07. The lowest BCUT2D eigenvalue weighted by Crippen LogP contribution is -2.28. The molecule has 67 heavy (non-hydrogen) atoms. The lowest BCUT2D eigenvalue weighted by atomic mass is 10.1. The van der Waals surface area contributed by atoms with Crippen molar-refractivity contribution in [3.63, 3.8) is 0 Å². The molecule has 4 heterocycles. The molecule has 6 N–H and O–H groups in total. The quantitative estimate of drug-likeness (QED) is 0.0330. The molecule has 0 aliphatic carbocycles. The molecule has 0 spiro atoms. The Morgan fingerprint density at radius 1 is 0.582 bits per heavy atom. The number of fused-ring (bicyclic) bond motifs is 4. The van der Waals surface area contributed by atoms with Crippen molar-refractivity contribution in [2.24, 2.45) is 0 Å². The first-order valence-electron chi connectivity index (χ1n) is 22.1. The van der Waals surface area contributed by atoms with E-state index < -0.39 is 11.9 Å². The fourth-order valence-electron chi connectivity index (χ4n) is 7.54. The molecule has 342 valence electrons. The fraction of sp³-hybridized carbons (Fsp3) is 0.255. The summed E-state index contributed by atoms with van der Waals surface area (Å²) in [4.78, 5) is 54.6. The molecule has 0 saturated heterocycles. The lowest BCUT2D eigenvalue weighted by Gasteiger charge is -2.07. The number of H-pyrrole nitrogens is 2. The molecule has 8 aromatic rings. The number of hydrogen-bond donors (Lipinski definition) is 6. The molecule has 0 atom stereocenters. The molecule has 0 bridgehead atoms. The van der Waals surface area contributed by atoms with E-state index >= 15 is 0 Å². The van der Waals surface area contributed by atoms with Gasteiger partial charge < -0.3 is 49.5 Å². The minimum absolute atomic E-state index is 0.135. The van der Waals surface area contributed by atoms with Crippen molar-refractivity contribution in [1.82, 2.24) is 20.6 Å². The van der Waals surface area contributed by atoms with Crippen LogP contribution in [0.4, 0.5) is 11.4 Å². The maximum absolute atomic E-state index is 12.3. The van der Waals surface area contributed by atoms with E-state index in [1.165, 1.54) is 5.56 Å². The van der Waals surface area contributed by atoms with Gasteiger partial charge in [0.2, 0.25) is 23.3 Å². The summed E-state index contributed by atoms with van der Waals surface area (Å²) in [5.74, 6) is -1.05. The first kappa shape index (κ1) is 46.8. The standard InChI is InChI=1S/C26H26N4O4.C25H24N4O4/c1-2-33-26(32)24-13-19-12-20(7-9-23(19)34-24)30-25(31)16-28-10-4-3-5-18-15-29-22-8-6-17(14-27)11-21(18)22;1-2-32-25(31)23-12-18-11-19(6-8-22(18)33-23)29-24(30)15-27-9-3-4-17-14-28-21-7-5-16(13-26)10-20(17)21/h6-9,11-13,15,28-29H,2-5,10,16H2,1H3,(H,30,31);5-8,10-12,14,27-28H,2-4,9,15H2,1H3,(H,29,30). The second-order valence-electron chi connectivity index (χ2n) is 15.6. The maximum atomic E-state index is 12.3. The van der Waals surface area contributed by atoms with Gasteiger partial charge in [-0.25, -0.2) is 9.59 Å². The number of unbranched alkanes of at least 4 members (excludes halogenated alkanes) is 1. The molecule has 0 radical (unpaired) electrons. The van der Waals surface area contributed by atoms with Gasteiger partial charge in [-0.05, 0) is 155 Å². The Balaban J connectivity index is 0.000000199. The normalized spacial score (nSPS) is 10.9. The van der Waals surface area contributed by atoms with Crippen LogP contribution in [-0.4, -0.2) is 73.1 Å². The number of amides is 2. The number of carbonyl (C=O) groups is 4. The number of hydrogen-bond acceptors (Lipinski definition) is 12. The number of aromatic nitrogens is 2. The van der Waals surface area contributed by atoms with Crippen LogP contribution in [0, 0.1) is 22.7 Å². The highest BCUT2D eigenvalue weighted by Gasteiger charge is 2.16. The van der Waals surface area contributed by atoms with Crippen LogP contribution in [-0.2, 0) is 31.9 Å². The van der Waals surface area contributed by atoms with Gasteiger partial charge in [0.25, 0.3) is 0 Å². The summed E-state index contributed by atoms with van der Waals surface area (Å²) in [5, 5.41) is 33.8. The average Bonchev–Trinajstić information content (AvgIpc) is 4.15. The third-order valence-corrected chi connectivity index (χ3v) is 10.8. The number of ether oxygens (including phenoxy) is 2. The van der Waals surface area contributed by atoms with Crippen molar-refractivity contribution in [3.05, 3.63) is 131 Å². The zero-order chi connectivity index (χ0) is 47.1. The number of benzene rings is 4. The molecule has 16 heteroatoms. The number of anilines is 2. The molecule has 4 aromatic carbocycles. The second kappa shape index (κ2) is 22.6. The van der Waals surface area contributed by atoms with E-state index in [4.69, 9.17) is 28.8 Å². The van der Waals surface area contributed by atoms with E-state index in [1.54, 1.807) is 68.4 Å². The highest BCUT2D eigenvalue weighted by Crippen LogP contribution is 2.26. The summed E-state index contributed by atoms with van der Waals surface area (Å²) in [6.45, 7) is 5.81. The minimum atomic E-state index is -0.512. The molecular weight excluding hydrogens is 853 g/mol. The van der Waals surface area contributed by atoms with Gasteiger partial charge in [0.05, 0.1) is 49.6 Å². The van der Waals surface area contributed by atoms with Gasteiger partial charge in [-0.15, -0.1) is 0 Å². The Morgan fingerprint density at radius 2 is 1.04 bits per heavy atom. The predicted octanol–water partition coefficient (Wildman–Crippen LogP) is 8.64. The van der Waals surface area contributed by atoms with Crippen LogP contribution in [0.1, 0.15) is 76.5 Å². The van der Waals surface area contributed by atoms with E-state index in [2.05, 4.69) is 43.4 Å². The van der Waals surface area contributed by atoms with E-state index in [9.17, 15) is 19.2 Å². The van der Waals surface area contributed by atoms with Crippen LogP contribution in [0.25, 0.3) is 43.7 Å². The molecule has 16 nitrogen and oxygen atoms in total. The number of nitrogens with one attached hydrogen (secondary N) is 6. The zero-order valence-corrected chi connectivity index (χ0v) is 37.2. The number of nitriles is 2. The zero-order valence-electron chi connectivity index (χ0n) is 37.2. The third kappa shape index (κ3) is 12.3. The largest absolute Gasteiger partial charge is 0.460 e. The molecule has 8 rings (SSSR count). The number of furan rings is 2. The average molecular weight is 903 g/mol. The van der Waals surface area contributed by atoms with E-state index in [0.29, 0.717) is 51.0 Å². The second-order valence-corrected chi connectivity index (χ2v) is 15.6. The Kier molecular flexibility index (Phi) is 15.8. The van der Waals surface area contributed by atoms with Gasteiger partial charge in [0.1, 0.15) is 11.2 Å². The number of carbonyl (C=O) groups excluding carboxylic acids is 4. The van der Waals surface area contributed by atoms with Crippen LogP contribution in [0.3, 0.4) is 0 Å². The first-order chi connectivity index (χ1) is 32.6. The van der Waals surface area contributed by atoms with Crippen molar-refractivity contribution in [2.45, 2.75) is 46.0 Å². The summed E-state index contributed by atoms with van der Waals surface area (Å²) >= 11 is 0. The fourth-order valence-corrected chi connectivity index (χ4v) is 7.54. The van der Waals surface area contributed by atoms with Crippen molar-refractivity contribution in [2.75, 3.05) is 50.0 Å². The molecule has 0 saturated carbocycles. The Morgan fingerprint density at radius 3 is 1.51 bits per heavy atom.